The van der Waals surface area contributed by atoms with Crippen LogP contribution in [0.4, 0.5) is 0 Å². The maximum atomic E-state index is 10.7. The molecule has 0 bridgehead atoms. The van der Waals surface area contributed by atoms with Gasteiger partial charge in [0, 0.05) is 26.7 Å². The normalized spacial score (nSPS) is 24.7. The van der Waals surface area contributed by atoms with E-state index < -0.39 is 12.1 Å². The van der Waals surface area contributed by atoms with Crippen LogP contribution in [0.15, 0.2) is 53.6 Å². The zero-order chi connectivity index (χ0) is 15.8. The van der Waals surface area contributed by atoms with Gasteiger partial charge in [0.25, 0.3) is 0 Å². The molecule has 3 atom stereocenters. The predicted octanol–water partition coefficient (Wildman–Crippen LogP) is 3.41. The molecule has 2 aromatic carbocycles. The number of fused-ring (bicyclic) bond motifs is 3. The van der Waals surface area contributed by atoms with Crippen LogP contribution in [0.3, 0.4) is 0 Å². The summed E-state index contributed by atoms with van der Waals surface area (Å²) in [5, 5.41) is 16.6. The number of aromatic nitrogens is 1. The van der Waals surface area contributed by atoms with Gasteiger partial charge >= 0.3 is 0 Å². The van der Waals surface area contributed by atoms with Gasteiger partial charge in [-0.25, -0.2) is 0 Å². The zero-order valence-electron chi connectivity index (χ0n) is 12.4. The van der Waals surface area contributed by atoms with Gasteiger partial charge in [-0.15, -0.1) is 0 Å². The van der Waals surface area contributed by atoms with E-state index in [4.69, 9.17) is 10.3 Å². The lowest BCUT2D eigenvalue weighted by Gasteiger charge is -2.34. The maximum Gasteiger partial charge on any atom is 0.0888 e. The van der Waals surface area contributed by atoms with Gasteiger partial charge in [0.15, 0.2) is 0 Å². The van der Waals surface area contributed by atoms with E-state index in [1.807, 2.05) is 36.4 Å². The summed E-state index contributed by atoms with van der Waals surface area (Å²) in [6.07, 6.45) is -0.779. The first kappa shape index (κ1) is 14.1. The number of rotatable bonds is 2. The molecule has 0 aliphatic carbocycles. The van der Waals surface area contributed by atoms with Crippen molar-refractivity contribution in [1.29, 1.82) is 0 Å². The SMILES string of the molecule is [N-]=[N+]=N[C@@H]1COC[C@H](n2c3ccccc3c3ccccc32)[C@H]1O. The molecule has 3 aromatic rings. The van der Waals surface area contributed by atoms with Crippen molar-refractivity contribution in [3.05, 3.63) is 59.0 Å². The summed E-state index contributed by atoms with van der Waals surface area (Å²) in [7, 11) is 0. The first-order valence-corrected chi connectivity index (χ1v) is 7.59. The standard InChI is InChI=1S/C17H16N4O2/c18-20-19-13-9-23-10-16(17(13)22)21-14-7-3-1-5-11(14)12-6-2-4-8-15(12)21/h1-8,13,16-17,22H,9-10H2/t13-,16+,17+/m1/s1. The van der Waals surface area contributed by atoms with Crippen molar-refractivity contribution in [1.82, 2.24) is 4.57 Å². The molecule has 4 rings (SSSR count). The Kier molecular flexibility index (Phi) is 3.42. The minimum Gasteiger partial charge on any atom is -0.390 e. The number of para-hydroxylation sites is 2. The van der Waals surface area contributed by atoms with Crippen LogP contribution in [0.1, 0.15) is 6.04 Å². The fourth-order valence-electron chi connectivity index (χ4n) is 3.47. The summed E-state index contributed by atoms with van der Waals surface area (Å²) in [4.78, 5) is 2.83. The molecule has 2 heterocycles. The van der Waals surface area contributed by atoms with Crippen LogP contribution in [0.2, 0.25) is 0 Å². The summed E-state index contributed by atoms with van der Waals surface area (Å²) in [5.41, 5.74) is 10.8. The second-order valence-electron chi connectivity index (χ2n) is 5.77. The molecular weight excluding hydrogens is 292 g/mol. The van der Waals surface area contributed by atoms with Gasteiger partial charge in [0.1, 0.15) is 0 Å². The molecule has 0 unspecified atom stereocenters. The Balaban J connectivity index is 1.94. The Hall–Kier alpha value is -2.53. The minimum atomic E-state index is -0.779. The third-order valence-corrected chi connectivity index (χ3v) is 4.51. The number of azide groups is 1. The Morgan fingerprint density at radius 3 is 2.26 bits per heavy atom. The zero-order valence-corrected chi connectivity index (χ0v) is 12.4. The lowest BCUT2D eigenvalue weighted by atomic mass is 10.0. The molecule has 1 N–H and O–H groups in total. The molecule has 0 amide bonds. The third kappa shape index (κ3) is 2.16. The van der Waals surface area contributed by atoms with Crippen molar-refractivity contribution >= 4 is 21.8 Å². The highest BCUT2D eigenvalue weighted by Gasteiger charge is 2.34. The van der Waals surface area contributed by atoms with Crippen molar-refractivity contribution in [2.75, 3.05) is 13.2 Å². The smallest absolute Gasteiger partial charge is 0.0888 e. The van der Waals surface area contributed by atoms with E-state index in [0.717, 1.165) is 21.8 Å². The molecule has 0 saturated carbocycles. The predicted molar refractivity (Wildman–Crippen MR) is 88.2 cm³/mol. The van der Waals surface area contributed by atoms with E-state index in [2.05, 4.69) is 26.7 Å². The second kappa shape index (κ2) is 5.59. The Labute approximate surface area is 132 Å². The average molecular weight is 308 g/mol. The fourth-order valence-corrected chi connectivity index (χ4v) is 3.47. The van der Waals surface area contributed by atoms with Crippen LogP contribution in [0.5, 0.6) is 0 Å². The molecule has 0 spiro atoms. The molecule has 1 aromatic heterocycles. The van der Waals surface area contributed by atoms with E-state index in [1.54, 1.807) is 0 Å². The van der Waals surface area contributed by atoms with Crippen molar-refractivity contribution < 1.29 is 9.84 Å². The van der Waals surface area contributed by atoms with E-state index in [1.165, 1.54) is 0 Å². The fraction of sp³-hybridized carbons (Fsp3) is 0.294. The topological polar surface area (TPSA) is 83.2 Å². The molecule has 1 aliphatic heterocycles. The number of benzene rings is 2. The van der Waals surface area contributed by atoms with Crippen LogP contribution in [-0.2, 0) is 4.74 Å². The lowest BCUT2D eigenvalue weighted by Crippen LogP contribution is -2.43. The highest BCUT2D eigenvalue weighted by Crippen LogP contribution is 2.35. The molecule has 1 aliphatic rings. The first-order valence-electron chi connectivity index (χ1n) is 7.59. The largest absolute Gasteiger partial charge is 0.390 e. The van der Waals surface area contributed by atoms with Gasteiger partial charge in [-0.1, -0.05) is 41.5 Å². The van der Waals surface area contributed by atoms with Crippen molar-refractivity contribution in [3.8, 4) is 0 Å². The van der Waals surface area contributed by atoms with Crippen LogP contribution in [0, 0.1) is 0 Å². The highest BCUT2D eigenvalue weighted by atomic mass is 16.5. The molecule has 0 radical (unpaired) electrons. The molecule has 116 valence electrons. The quantitative estimate of drug-likeness (QED) is 0.447. The lowest BCUT2D eigenvalue weighted by molar-refractivity contribution is -0.0413. The average Bonchev–Trinajstić information content (AvgIpc) is 2.92. The Morgan fingerprint density at radius 2 is 1.65 bits per heavy atom. The minimum absolute atomic E-state index is 0.249. The van der Waals surface area contributed by atoms with Gasteiger partial charge in [-0.05, 0) is 17.7 Å². The van der Waals surface area contributed by atoms with Crippen LogP contribution >= 0.6 is 0 Å². The van der Waals surface area contributed by atoms with Gasteiger partial charge < -0.3 is 14.4 Å². The highest BCUT2D eigenvalue weighted by molar-refractivity contribution is 6.08. The first-order chi connectivity index (χ1) is 11.3. The third-order valence-electron chi connectivity index (χ3n) is 4.51. The number of ether oxygens (including phenoxy) is 1. The van der Waals surface area contributed by atoms with E-state index in [-0.39, 0.29) is 12.6 Å². The summed E-state index contributed by atoms with van der Waals surface area (Å²) < 4.78 is 7.70. The van der Waals surface area contributed by atoms with Crippen LogP contribution in [0.25, 0.3) is 32.2 Å². The summed E-state index contributed by atoms with van der Waals surface area (Å²) in [6, 6.07) is 15.4. The molecule has 23 heavy (non-hydrogen) atoms. The number of aliphatic hydroxyl groups is 1. The van der Waals surface area contributed by atoms with E-state index in [9.17, 15) is 5.11 Å². The maximum absolute atomic E-state index is 10.7. The summed E-state index contributed by atoms with van der Waals surface area (Å²) in [5.74, 6) is 0. The van der Waals surface area contributed by atoms with Gasteiger partial charge in [-0.3, -0.25) is 0 Å². The molecule has 6 nitrogen and oxygen atoms in total. The summed E-state index contributed by atoms with van der Waals surface area (Å²) >= 11 is 0. The van der Waals surface area contributed by atoms with Crippen molar-refractivity contribution in [2.45, 2.75) is 18.2 Å². The van der Waals surface area contributed by atoms with Gasteiger partial charge in [0.05, 0.1) is 31.4 Å². The molecule has 6 heteroatoms. The van der Waals surface area contributed by atoms with Crippen molar-refractivity contribution in [3.63, 3.8) is 0 Å². The Morgan fingerprint density at radius 1 is 1.04 bits per heavy atom. The second-order valence-corrected chi connectivity index (χ2v) is 5.77. The Bertz CT molecular complexity index is 860. The molecular formula is C17H16N4O2. The van der Waals surface area contributed by atoms with Gasteiger partial charge in [-0.2, -0.15) is 0 Å². The van der Waals surface area contributed by atoms with E-state index in [0.29, 0.717) is 6.61 Å². The number of hydrogen-bond acceptors (Lipinski definition) is 3. The van der Waals surface area contributed by atoms with Gasteiger partial charge in [0.2, 0.25) is 0 Å². The van der Waals surface area contributed by atoms with Crippen LogP contribution < -0.4 is 0 Å². The summed E-state index contributed by atoms with van der Waals surface area (Å²) in [6.45, 7) is 0.639. The van der Waals surface area contributed by atoms with Crippen molar-refractivity contribution in [2.24, 2.45) is 5.11 Å². The number of aliphatic hydroxyl groups excluding tert-OH is 1. The molecule has 1 fully saturated rings. The number of hydrogen-bond donors (Lipinski definition) is 1. The monoisotopic (exact) mass is 308 g/mol. The number of nitrogens with zero attached hydrogens (tertiary/aromatic N) is 4. The van der Waals surface area contributed by atoms with Crippen LogP contribution in [-0.4, -0.2) is 35.0 Å². The van der Waals surface area contributed by atoms with E-state index >= 15 is 0 Å². The molecule has 1 saturated heterocycles.